The van der Waals surface area contributed by atoms with Gasteiger partial charge in [0, 0.05) is 31.6 Å². The van der Waals surface area contributed by atoms with Crippen molar-refractivity contribution in [2.45, 2.75) is 64.5 Å². The molecule has 0 aromatic heterocycles. The summed E-state index contributed by atoms with van der Waals surface area (Å²) in [6, 6.07) is 11.4. The Kier molecular flexibility index (Phi) is 8.15. The average molecular weight is 372 g/mol. The summed E-state index contributed by atoms with van der Waals surface area (Å²) in [6.07, 6.45) is 8.39. The molecule has 4 nitrogen and oxygen atoms in total. The summed E-state index contributed by atoms with van der Waals surface area (Å²) in [6.45, 7) is 8.56. The van der Waals surface area contributed by atoms with Crippen molar-refractivity contribution in [3.8, 4) is 0 Å². The normalized spacial score (nSPS) is 22.6. The molecule has 2 aliphatic rings. The maximum Gasteiger partial charge on any atom is 0.223 e. The van der Waals surface area contributed by atoms with E-state index in [1.165, 1.54) is 37.8 Å². The second-order valence-corrected chi connectivity index (χ2v) is 8.27. The third-order valence-corrected chi connectivity index (χ3v) is 6.35. The van der Waals surface area contributed by atoms with Crippen LogP contribution in [0.15, 0.2) is 30.3 Å². The lowest BCUT2D eigenvalue weighted by Gasteiger charge is -2.35. The molecule has 1 atom stereocenters. The van der Waals surface area contributed by atoms with Crippen LogP contribution in [0.4, 0.5) is 0 Å². The fraction of sp³-hybridized carbons (Fsp3) is 0.696. The molecule has 0 spiro atoms. The van der Waals surface area contributed by atoms with Gasteiger partial charge in [-0.2, -0.15) is 0 Å². The number of benzene rings is 1. The van der Waals surface area contributed by atoms with E-state index in [1.807, 2.05) is 0 Å². The van der Waals surface area contributed by atoms with E-state index >= 15 is 0 Å². The van der Waals surface area contributed by atoms with Crippen LogP contribution in [-0.4, -0.2) is 54.5 Å². The van der Waals surface area contributed by atoms with Crippen LogP contribution in [0.2, 0.25) is 0 Å². The van der Waals surface area contributed by atoms with Crippen molar-refractivity contribution in [3.63, 3.8) is 0 Å². The summed E-state index contributed by atoms with van der Waals surface area (Å²) >= 11 is 0. The Labute approximate surface area is 165 Å². The third-order valence-electron chi connectivity index (χ3n) is 6.35. The van der Waals surface area contributed by atoms with Gasteiger partial charge in [0.15, 0.2) is 0 Å². The van der Waals surface area contributed by atoms with E-state index < -0.39 is 0 Å². The lowest BCUT2D eigenvalue weighted by molar-refractivity contribution is -0.126. The predicted octanol–water partition coefficient (Wildman–Crippen LogP) is 3.67. The van der Waals surface area contributed by atoms with Crippen molar-refractivity contribution in [1.82, 2.24) is 15.1 Å². The molecule has 3 rings (SSSR count). The minimum atomic E-state index is 0.204. The van der Waals surface area contributed by atoms with Crippen LogP contribution in [-0.2, 0) is 11.3 Å². The van der Waals surface area contributed by atoms with E-state index in [1.54, 1.807) is 0 Å². The van der Waals surface area contributed by atoms with Crippen LogP contribution in [0.25, 0.3) is 0 Å². The number of nitrogens with one attached hydrogen (secondary N) is 1. The van der Waals surface area contributed by atoms with Gasteiger partial charge in [-0.25, -0.2) is 0 Å². The summed E-state index contributed by atoms with van der Waals surface area (Å²) in [5.41, 5.74) is 1.36. The smallest absolute Gasteiger partial charge is 0.223 e. The molecule has 150 valence electrons. The van der Waals surface area contributed by atoms with Crippen molar-refractivity contribution in [2.24, 2.45) is 5.92 Å². The standard InChI is InChI=1S/C23H37N3O/c1-2-22-11-6-7-15-26(22)16-8-14-24-23(27)21-12-17-25(18-13-21)19-20-9-4-3-5-10-20/h3-5,9-10,21-22H,2,6-8,11-19H2,1H3,(H,24,27)/t22-/m0/s1. The summed E-state index contributed by atoms with van der Waals surface area (Å²) in [7, 11) is 0. The molecular formula is C23H37N3O. The topological polar surface area (TPSA) is 35.6 Å². The molecule has 0 aliphatic carbocycles. The fourth-order valence-corrected chi connectivity index (χ4v) is 4.65. The minimum absolute atomic E-state index is 0.204. The second kappa shape index (κ2) is 10.8. The molecule has 1 aromatic rings. The number of carbonyl (C=O) groups is 1. The van der Waals surface area contributed by atoms with Gasteiger partial charge in [0.25, 0.3) is 0 Å². The molecule has 0 unspecified atom stereocenters. The van der Waals surface area contributed by atoms with Gasteiger partial charge in [-0.3, -0.25) is 9.69 Å². The Balaban J connectivity index is 1.30. The van der Waals surface area contributed by atoms with Crippen molar-refractivity contribution in [2.75, 3.05) is 32.7 Å². The molecule has 1 amide bonds. The van der Waals surface area contributed by atoms with Gasteiger partial charge < -0.3 is 10.2 Å². The fourth-order valence-electron chi connectivity index (χ4n) is 4.65. The van der Waals surface area contributed by atoms with E-state index in [4.69, 9.17) is 0 Å². The van der Waals surface area contributed by atoms with E-state index in [-0.39, 0.29) is 11.8 Å². The molecule has 0 radical (unpaired) electrons. The first kappa shape index (κ1) is 20.3. The summed E-state index contributed by atoms with van der Waals surface area (Å²) in [4.78, 5) is 17.6. The largest absolute Gasteiger partial charge is 0.356 e. The van der Waals surface area contributed by atoms with Crippen LogP contribution in [0.1, 0.15) is 57.4 Å². The highest BCUT2D eigenvalue weighted by Gasteiger charge is 2.25. The molecule has 2 fully saturated rings. The van der Waals surface area contributed by atoms with Gasteiger partial charge in [0.05, 0.1) is 0 Å². The molecule has 2 heterocycles. The zero-order chi connectivity index (χ0) is 18.9. The highest BCUT2D eigenvalue weighted by atomic mass is 16.1. The second-order valence-electron chi connectivity index (χ2n) is 8.27. The molecule has 1 N–H and O–H groups in total. The van der Waals surface area contributed by atoms with Crippen LogP contribution in [0.3, 0.4) is 0 Å². The number of carbonyl (C=O) groups excluding carboxylic acids is 1. The van der Waals surface area contributed by atoms with Gasteiger partial charge in [-0.15, -0.1) is 0 Å². The van der Waals surface area contributed by atoms with E-state index in [0.29, 0.717) is 0 Å². The quantitative estimate of drug-likeness (QED) is 0.708. The van der Waals surface area contributed by atoms with E-state index in [0.717, 1.165) is 58.0 Å². The molecule has 4 heteroatoms. The Morgan fingerprint density at radius 1 is 1.07 bits per heavy atom. The monoisotopic (exact) mass is 371 g/mol. The number of likely N-dealkylation sites (tertiary alicyclic amines) is 2. The van der Waals surface area contributed by atoms with Crippen molar-refractivity contribution < 1.29 is 4.79 Å². The average Bonchev–Trinajstić information content (AvgIpc) is 2.72. The minimum Gasteiger partial charge on any atom is -0.356 e. The number of amides is 1. The lowest BCUT2D eigenvalue weighted by atomic mass is 9.95. The summed E-state index contributed by atoms with van der Waals surface area (Å²) in [5, 5.41) is 3.21. The number of nitrogens with zero attached hydrogens (tertiary/aromatic N) is 2. The van der Waals surface area contributed by atoms with Gasteiger partial charge in [0.1, 0.15) is 0 Å². The van der Waals surface area contributed by atoms with Crippen molar-refractivity contribution in [3.05, 3.63) is 35.9 Å². The van der Waals surface area contributed by atoms with Gasteiger partial charge in [-0.05, 0) is 63.7 Å². The zero-order valence-electron chi connectivity index (χ0n) is 17.0. The Morgan fingerprint density at radius 3 is 2.59 bits per heavy atom. The van der Waals surface area contributed by atoms with E-state index in [9.17, 15) is 4.79 Å². The van der Waals surface area contributed by atoms with Crippen molar-refractivity contribution >= 4 is 5.91 Å². The molecule has 1 aromatic carbocycles. The maximum absolute atomic E-state index is 12.5. The van der Waals surface area contributed by atoms with Crippen LogP contribution < -0.4 is 5.32 Å². The van der Waals surface area contributed by atoms with E-state index in [2.05, 4.69) is 52.4 Å². The van der Waals surface area contributed by atoms with Gasteiger partial charge >= 0.3 is 0 Å². The van der Waals surface area contributed by atoms with Crippen LogP contribution in [0.5, 0.6) is 0 Å². The molecule has 0 bridgehead atoms. The third kappa shape index (κ3) is 6.32. The Bertz CT molecular complexity index is 554. The number of hydrogen-bond acceptors (Lipinski definition) is 3. The Hall–Kier alpha value is -1.39. The SMILES string of the molecule is CC[C@H]1CCCCN1CCCNC(=O)C1CCN(Cc2ccccc2)CC1. The number of rotatable bonds is 8. The van der Waals surface area contributed by atoms with Crippen LogP contribution in [0, 0.1) is 5.92 Å². The Morgan fingerprint density at radius 2 is 1.85 bits per heavy atom. The highest BCUT2D eigenvalue weighted by molar-refractivity contribution is 5.78. The van der Waals surface area contributed by atoms with Gasteiger partial charge in [-0.1, -0.05) is 43.7 Å². The first-order chi connectivity index (χ1) is 13.3. The number of piperidine rings is 2. The molecule has 2 saturated heterocycles. The van der Waals surface area contributed by atoms with Gasteiger partial charge in [0.2, 0.25) is 5.91 Å². The van der Waals surface area contributed by atoms with Crippen molar-refractivity contribution in [1.29, 1.82) is 0 Å². The highest BCUT2D eigenvalue weighted by Crippen LogP contribution is 2.20. The predicted molar refractivity (Wildman–Crippen MR) is 112 cm³/mol. The zero-order valence-corrected chi connectivity index (χ0v) is 17.0. The molecule has 2 aliphatic heterocycles. The summed E-state index contributed by atoms with van der Waals surface area (Å²) in [5.74, 6) is 0.482. The first-order valence-corrected chi connectivity index (χ1v) is 11.0. The lowest BCUT2D eigenvalue weighted by Crippen LogP contribution is -2.42. The molecule has 27 heavy (non-hydrogen) atoms. The molecular weight excluding hydrogens is 334 g/mol. The maximum atomic E-state index is 12.5. The first-order valence-electron chi connectivity index (χ1n) is 11.0. The number of hydrogen-bond donors (Lipinski definition) is 1. The van der Waals surface area contributed by atoms with Crippen LogP contribution >= 0.6 is 0 Å². The summed E-state index contributed by atoms with van der Waals surface area (Å²) < 4.78 is 0. The molecule has 0 saturated carbocycles.